The Balaban J connectivity index is 1.36. The molecule has 0 atom stereocenters. The minimum absolute atomic E-state index is 0.177. The topological polar surface area (TPSA) is 70.5 Å². The van der Waals surface area contributed by atoms with Crippen LogP contribution in [0.4, 0.5) is 15.9 Å². The number of aromatic nitrogens is 2. The Kier molecular flexibility index (Phi) is 6.70. The molecule has 4 rings (SSSR count). The fourth-order valence-corrected chi connectivity index (χ4v) is 3.81. The molecule has 1 N–H and O–H groups in total. The fraction of sp³-hybridized carbons (Fsp3) is 0.261. The van der Waals surface area contributed by atoms with Gasteiger partial charge in [-0.2, -0.15) is 5.10 Å². The number of hydrogen-bond acceptors (Lipinski definition) is 5. The van der Waals surface area contributed by atoms with Crippen molar-refractivity contribution < 1.29 is 9.18 Å². The van der Waals surface area contributed by atoms with Crippen molar-refractivity contribution >= 4 is 29.0 Å². The van der Waals surface area contributed by atoms with Gasteiger partial charge in [-0.05, 0) is 42.0 Å². The highest BCUT2D eigenvalue weighted by Crippen LogP contribution is 2.22. The summed E-state index contributed by atoms with van der Waals surface area (Å²) in [6.45, 7) is 3.00. The standard InChI is InChI=1S/C23H23ClFN5O2/c24-18-4-2-6-20(14-18)28-9-11-29(12-10-28)21-7-8-23(32)30(27-21)16-22(31)26-15-17-3-1-5-19(25)13-17/h1-8,13-14H,9-12,15-16H2,(H,26,31). The van der Waals surface area contributed by atoms with Crippen molar-refractivity contribution in [3.05, 3.63) is 87.4 Å². The second-order valence-corrected chi connectivity index (χ2v) is 7.98. The lowest BCUT2D eigenvalue weighted by Crippen LogP contribution is -2.47. The highest BCUT2D eigenvalue weighted by atomic mass is 35.5. The van der Waals surface area contributed by atoms with E-state index in [4.69, 9.17) is 11.6 Å². The number of carbonyl (C=O) groups is 1. The minimum Gasteiger partial charge on any atom is -0.368 e. The summed E-state index contributed by atoms with van der Waals surface area (Å²) in [5.74, 6) is -0.0853. The molecule has 1 aliphatic heterocycles. The molecule has 2 heterocycles. The fourth-order valence-electron chi connectivity index (χ4n) is 3.63. The van der Waals surface area contributed by atoms with Gasteiger partial charge >= 0.3 is 0 Å². The van der Waals surface area contributed by atoms with E-state index < -0.39 is 0 Å². The Morgan fingerprint density at radius 3 is 2.50 bits per heavy atom. The third kappa shape index (κ3) is 5.45. The molecule has 0 spiro atoms. The van der Waals surface area contributed by atoms with Crippen molar-refractivity contribution in [3.63, 3.8) is 0 Å². The first-order valence-electron chi connectivity index (χ1n) is 10.3. The molecular weight excluding hydrogens is 433 g/mol. The van der Waals surface area contributed by atoms with Crippen LogP contribution in [0.5, 0.6) is 0 Å². The normalized spacial score (nSPS) is 13.8. The summed E-state index contributed by atoms with van der Waals surface area (Å²) in [6, 6.07) is 16.9. The van der Waals surface area contributed by atoms with Gasteiger partial charge in [0.05, 0.1) is 0 Å². The number of rotatable bonds is 6. The lowest BCUT2D eigenvalue weighted by molar-refractivity contribution is -0.122. The highest BCUT2D eigenvalue weighted by molar-refractivity contribution is 6.30. The van der Waals surface area contributed by atoms with Crippen LogP contribution in [0.15, 0.2) is 65.5 Å². The van der Waals surface area contributed by atoms with Gasteiger partial charge in [0, 0.05) is 49.5 Å². The van der Waals surface area contributed by atoms with Gasteiger partial charge in [-0.25, -0.2) is 9.07 Å². The molecule has 0 bridgehead atoms. The van der Waals surface area contributed by atoms with Crippen molar-refractivity contribution in [2.45, 2.75) is 13.1 Å². The maximum Gasteiger partial charge on any atom is 0.267 e. The largest absolute Gasteiger partial charge is 0.368 e. The first-order chi connectivity index (χ1) is 15.5. The third-order valence-corrected chi connectivity index (χ3v) is 5.54. The van der Waals surface area contributed by atoms with E-state index >= 15 is 0 Å². The zero-order chi connectivity index (χ0) is 22.5. The average molecular weight is 456 g/mol. The van der Waals surface area contributed by atoms with E-state index in [1.165, 1.54) is 18.2 Å². The monoisotopic (exact) mass is 455 g/mol. The van der Waals surface area contributed by atoms with E-state index in [0.717, 1.165) is 36.5 Å². The van der Waals surface area contributed by atoms with E-state index in [-0.39, 0.29) is 30.4 Å². The molecule has 0 aliphatic carbocycles. The van der Waals surface area contributed by atoms with Crippen molar-refractivity contribution in [3.8, 4) is 0 Å². The Morgan fingerprint density at radius 1 is 1.00 bits per heavy atom. The van der Waals surface area contributed by atoms with E-state index in [0.29, 0.717) is 16.4 Å². The average Bonchev–Trinajstić information content (AvgIpc) is 2.79. The first kappa shape index (κ1) is 21.8. The maximum atomic E-state index is 13.3. The van der Waals surface area contributed by atoms with Gasteiger partial charge in [-0.3, -0.25) is 9.59 Å². The van der Waals surface area contributed by atoms with Crippen LogP contribution in [0.2, 0.25) is 5.02 Å². The summed E-state index contributed by atoms with van der Waals surface area (Å²) >= 11 is 6.10. The van der Waals surface area contributed by atoms with Crippen molar-refractivity contribution in [1.29, 1.82) is 0 Å². The van der Waals surface area contributed by atoms with E-state index in [2.05, 4.69) is 20.2 Å². The molecule has 0 radical (unpaired) electrons. The van der Waals surface area contributed by atoms with Gasteiger partial charge in [0.15, 0.2) is 0 Å². The number of benzene rings is 2. The molecule has 1 aromatic heterocycles. The lowest BCUT2D eigenvalue weighted by Gasteiger charge is -2.36. The van der Waals surface area contributed by atoms with E-state index in [1.54, 1.807) is 18.2 Å². The van der Waals surface area contributed by atoms with Gasteiger partial charge in [0.1, 0.15) is 18.2 Å². The molecule has 0 saturated carbocycles. The van der Waals surface area contributed by atoms with Crippen LogP contribution >= 0.6 is 11.6 Å². The number of nitrogens with zero attached hydrogens (tertiary/aromatic N) is 4. The second kappa shape index (κ2) is 9.82. The van der Waals surface area contributed by atoms with Crippen LogP contribution in [0, 0.1) is 5.82 Å². The summed E-state index contributed by atoms with van der Waals surface area (Å²) in [6.07, 6.45) is 0. The number of nitrogens with one attached hydrogen (secondary N) is 1. The molecule has 2 aromatic carbocycles. The lowest BCUT2D eigenvalue weighted by atomic mass is 10.2. The molecule has 1 fully saturated rings. The van der Waals surface area contributed by atoms with Gasteiger partial charge in [0.25, 0.3) is 5.56 Å². The predicted molar refractivity (Wildman–Crippen MR) is 123 cm³/mol. The van der Waals surface area contributed by atoms with E-state index in [9.17, 15) is 14.0 Å². The zero-order valence-corrected chi connectivity index (χ0v) is 18.1. The number of anilines is 2. The van der Waals surface area contributed by atoms with Gasteiger partial charge < -0.3 is 15.1 Å². The molecule has 1 amide bonds. The Bertz CT molecular complexity index is 1160. The van der Waals surface area contributed by atoms with Crippen molar-refractivity contribution in [1.82, 2.24) is 15.1 Å². The van der Waals surface area contributed by atoms with Crippen LogP contribution in [-0.4, -0.2) is 41.9 Å². The molecule has 166 valence electrons. The van der Waals surface area contributed by atoms with Crippen molar-refractivity contribution in [2.75, 3.05) is 36.0 Å². The third-order valence-electron chi connectivity index (χ3n) is 5.30. The smallest absolute Gasteiger partial charge is 0.267 e. The summed E-state index contributed by atoms with van der Waals surface area (Å²) in [4.78, 5) is 28.8. The maximum absolute atomic E-state index is 13.3. The molecule has 3 aromatic rings. The predicted octanol–water partition coefficient (Wildman–Crippen LogP) is 2.68. The molecule has 1 aliphatic rings. The molecule has 32 heavy (non-hydrogen) atoms. The Labute approximate surface area is 190 Å². The summed E-state index contributed by atoms with van der Waals surface area (Å²) in [5.41, 5.74) is 1.36. The van der Waals surface area contributed by atoms with E-state index in [1.807, 2.05) is 24.3 Å². The number of carbonyl (C=O) groups excluding carboxylic acids is 1. The number of halogens is 2. The number of piperazine rings is 1. The zero-order valence-electron chi connectivity index (χ0n) is 17.4. The summed E-state index contributed by atoms with van der Waals surface area (Å²) < 4.78 is 14.4. The van der Waals surface area contributed by atoms with Crippen LogP contribution in [0.1, 0.15) is 5.56 Å². The Morgan fingerprint density at radius 2 is 1.75 bits per heavy atom. The van der Waals surface area contributed by atoms with Crippen molar-refractivity contribution in [2.24, 2.45) is 0 Å². The van der Waals surface area contributed by atoms with Crippen LogP contribution in [0.25, 0.3) is 0 Å². The molecular formula is C23H23ClFN5O2. The minimum atomic E-state index is -0.369. The van der Waals surface area contributed by atoms with Crippen LogP contribution in [0.3, 0.4) is 0 Å². The molecule has 0 unspecified atom stereocenters. The summed E-state index contributed by atoms with van der Waals surface area (Å²) in [7, 11) is 0. The number of hydrogen-bond donors (Lipinski definition) is 1. The van der Waals surface area contributed by atoms with Gasteiger partial charge in [-0.1, -0.05) is 29.8 Å². The quantitative estimate of drug-likeness (QED) is 0.619. The van der Waals surface area contributed by atoms with Crippen LogP contribution < -0.4 is 20.7 Å². The SMILES string of the molecule is O=C(Cn1nc(N2CCN(c3cccc(Cl)c3)CC2)ccc1=O)NCc1cccc(F)c1. The van der Waals surface area contributed by atoms with Gasteiger partial charge in [-0.15, -0.1) is 0 Å². The highest BCUT2D eigenvalue weighted by Gasteiger charge is 2.19. The number of amides is 1. The van der Waals surface area contributed by atoms with Gasteiger partial charge in [0.2, 0.25) is 5.91 Å². The molecule has 1 saturated heterocycles. The first-order valence-corrected chi connectivity index (χ1v) is 10.7. The molecule has 9 heteroatoms. The van der Waals surface area contributed by atoms with Crippen LogP contribution in [-0.2, 0) is 17.9 Å². The molecule has 7 nitrogen and oxygen atoms in total. The Hall–Kier alpha value is -3.39. The summed E-state index contributed by atoms with van der Waals surface area (Å²) in [5, 5.41) is 7.78. The second-order valence-electron chi connectivity index (χ2n) is 7.55.